The van der Waals surface area contributed by atoms with Gasteiger partial charge in [-0.2, -0.15) is 5.10 Å². The van der Waals surface area contributed by atoms with E-state index in [1.54, 1.807) is 16.9 Å². The number of halogens is 3. The highest BCUT2D eigenvalue weighted by atomic mass is 19.4. The van der Waals surface area contributed by atoms with Gasteiger partial charge in [0.05, 0.1) is 6.04 Å². The Hall–Kier alpha value is -2.55. The number of nitrogens with one attached hydrogen (secondary N) is 2. The standard InChI is InChI=1S/C16H17F3N4O2/c17-16(18,19)25-13-5-1-3-11(9-13)21-15(24)14-6-8-23(22-14)12-4-2-7-20-10-12/h1,3,5-6,8-9,12,20H,2,4,7,10H2,(H,21,24). The molecule has 1 fully saturated rings. The van der Waals surface area contributed by atoms with Crippen LogP contribution < -0.4 is 15.4 Å². The lowest BCUT2D eigenvalue weighted by atomic mass is 10.1. The molecule has 1 aliphatic rings. The average Bonchev–Trinajstić information content (AvgIpc) is 3.04. The lowest BCUT2D eigenvalue weighted by Crippen LogP contribution is -2.32. The second-order valence-corrected chi connectivity index (χ2v) is 5.71. The molecule has 6 nitrogen and oxygen atoms in total. The van der Waals surface area contributed by atoms with Gasteiger partial charge >= 0.3 is 6.36 Å². The largest absolute Gasteiger partial charge is 0.573 e. The zero-order valence-electron chi connectivity index (χ0n) is 13.2. The Morgan fingerprint density at radius 2 is 2.20 bits per heavy atom. The first kappa shape index (κ1) is 17.3. The van der Waals surface area contributed by atoms with Crippen molar-refractivity contribution in [2.45, 2.75) is 25.2 Å². The van der Waals surface area contributed by atoms with Gasteiger partial charge in [0.15, 0.2) is 5.69 Å². The highest BCUT2D eigenvalue weighted by molar-refractivity contribution is 6.02. The maximum absolute atomic E-state index is 12.3. The maximum Gasteiger partial charge on any atom is 0.573 e. The Bertz CT molecular complexity index is 739. The minimum absolute atomic E-state index is 0.193. The Labute approximate surface area is 142 Å². The van der Waals surface area contributed by atoms with E-state index in [2.05, 4.69) is 20.5 Å². The van der Waals surface area contributed by atoms with Gasteiger partial charge in [0.2, 0.25) is 0 Å². The van der Waals surface area contributed by atoms with Crippen molar-refractivity contribution in [1.29, 1.82) is 0 Å². The predicted octanol–water partition coefficient (Wildman–Crippen LogP) is 2.96. The summed E-state index contributed by atoms with van der Waals surface area (Å²) in [5.41, 5.74) is 0.397. The van der Waals surface area contributed by atoms with Crippen molar-refractivity contribution in [2.24, 2.45) is 0 Å². The van der Waals surface area contributed by atoms with Gasteiger partial charge < -0.3 is 15.4 Å². The van der Waals surface area contributed by atoms with E-state index < -0.39 is 18.0 Å². The third-order valence-corrected chi connectivity index (χ3v) is 3.81. The lowest BCUT2D eigenvalue weighted by molar-refractivity contribution is -0.274. The normalized spacial score (nSPS) is 18.0. The third-order valence-electron chi connectivity index (χ3n) is 3.81. The number of alkyl halides is 3. The number of aromatic nitrogens is 2. The number of rotatable bonds is 4. The average molecular weight is 354 g/mol. The minimum Gasteiger partial charge on any atom is -0.406 e. The van der Waals surface area contributed by atoms with E-state index in [0.29, 0.717) is 0 Å². The molecule has 0 bridgehead atoms. The molecule has 1 aliphatic heterocycles. The van der Waals surface area contributed by atoms with Crippen molar-refractivity contribution in [3.8, 4) is 5.75 Å². The lowest BCUT2D eigenvalue weighted by Gasteiger charge is -2.22. The maximum atomic E-state index is 12.3. The van der Waals surface area contributed by atoms with Gasteiger partial charge in [-0.05, 0) is 37.6 Å². The summed E-state index contributed by atoms with van der Waals surface area (Å²) in [6.45, 7) is 1.76. The molecule has 0 spiro atoms. The van der Waals surface area contributed by atoms with Crippen LogP contribution in [0, 0.1) is 0 Å². The third kappa shape index (κ3) is 4.72. The molecule has 1 amide bonds. The molecule has 9 heteroatoms. The summed E-state index contributed by atoms with van der Waals surface area (Å²) in [4.78, 5) is 12.2. The second kappa shape index (κ2) is 7.14. The number of anilines is 1. The highest BCUT2D eigenvalue weighted by Gasteiger charge is 2.31. The van der Waals surface area contributed by atoms with E-state index in [1.807, 2.05) is 0 Å². The Morgan fingerprint density at radius 3 is 2.92 bits per heavy atom. The molecule has 0 saturated carbocycles. The molecule has 1 saturated heterocycles. The zero-order valence-corrected chi connectivity index (χ0v) is 13.2. The first-order valence-electron chi connectivity index (χ1n) is 7.84. The first-order chi connectivity index (χ1) is 11.9. The quantitative estimate of drug-likeness (QED) is 0.886. The van der Waals surface area contributed by atoms with Gasteiger partial charge in [-0.15, -0.1) is 13.2 Å². The van der Waals surface area contributed by atoms with Gasteiger partial charge in [0.25, 0.3) is 5.91 Å². The molecule has 1 unspecified atom stereocenters. The highest BCUT2D eigenvalue weighted by Crippen LogP contribution is 2.25. The number of carbonyl (C=O) groups is 1. The molecule has 134 valence electrons. The Balaban J connectivity index is 1.66. The van der Waals surface area contributed by atoms with Crippen molar-refractivity contribution in [1.82, 2.24) is 15.1 Å². The van der Waals surface area contributed by atoms with Crippen molar-refractivity contribution < 1.29 is 22.7 Å². The molecule has 1 aromatic carbocycles. The van der Waals surface area contributed by atoms with Gasteiger partial charge in [-0.25, -0.2) is 0 Å². The number of nitrogens with zero attached hydrogens (tertiary/aromatic N) is 2. The molecule has 1 atom stereocenters. The number of ether oxygens (including phenoxy) is 1. The summed E-state index contributed by atoms with van der Waals surface area (Å²) in [6, 6.07) is 6.88. The van der Waals surface area contributed by atoms with E-state index in [1.165, 1.54) is 12.1 Å². The van der Waals surface area contributed by atoms with Crippen molar-refractivity contribution in [2.75, 3.05) is 18.4 Å². The molecule has 0 radical (unpaired) electrons. The van der Waals surface area contributed by atoms with Crippen LogP contribution in [0.4, 0.5) is 18.9 Å². The topological polar surface area (TPSA) is 68.2 Å². The smallest absolute Gasteiger partial charge is 0.406 e. The predicted molar refractivity (Wildman–Crippen MR) is 84.4 cm³/mol. The summed E-state index contributed by atoms with van der Waals surface area (Å²) in [7, 11) is 0. The van der Waals surface area contributed by atoms with Crippen LogP contribution in [0.25, 0.3) is 0 Å². The molecule has 3 rings (SSSR count). The van der Waals surface area contributed by atoms with Crippen LogP contribution in [0.2, 0.25) is 0 Å². The van der Waals surface area contributed by atoms with Crippen LogP contribution in [-0.2, 0) is 0 Å². The first-order valence-corrected chi connectivity index (χ1v) is 7.84. The molecular weight excluding hydrogens is 337 g/mol. The van der Waals surface area contributed by atoms with Crippen molar-refractivity contribution >= 4 is 11.6 Å². The summed E-state index contributed by atoms with van der Waals surface area (Å²) < 4.78 is 42.3. The molecular formula is C16H17F3N4O2. The molecule has 25 heavy (non-hydrogen) atoms. The van der Waals surface area contributed by atoms with Gasteiger partial charge in [-0.1, -0.05) is 6.07 Å². The van der Waals surface area contributed by atoms with Gasteiger partial charge in [0.1, 0.15) is 5.75 Å². The minimum atomic E-state index is -4.78. The summed E-state index contributed by atoms with van der Waals surface area (Å²) >= 11 is 0. The number of carbonyl (C=O) groups excluding carboxylic acids is 1. The van der Waals surface area contributed by atoms with E-state index in [9.17, 15) is 18.0 Å². The Kier molecular flexibility index (Phi) is 4.93. The monoisotopic (exact) mass is 354 g/mol. The van der Waals surface area contributed by atoms with Crippen LogP contribution in [0.3, 0.4) is 0 Å². The Morgan fingerprint density at radius 1 is 1.36 bits per heavy atom. The second-order valence-electron chi connectivity index (χ2n) is 5.71. The molecule has 2 heterocycles. The van der Waals surface area contributed by atoms with Crippen molar-refractivity contribution in [3.05, 3.63) is 42.2 Å². The van der Waals surface area contributed by atoms with E-state index in [4.69, 9.17) is 0 Å². The SMILES string of the molecule is O=C(Nc1cccc(OC(F)(F)F)c1)c1ccn(C2CCCNC2)n1. The molecule has 1 aromatic heterocycles. The number of piperidine rings is 1. The zero-order chi connectivity index (χ0) is 17.9. The fraction of sp³-hybridized carbons (Fsp3) is 0.375. The van der Waals surface area contributed by atoms with Crippen LogP contribution >= 0.6 is 0 Å². The van der Waals surface area contributed by atoms with Gasteiger partial charge in [0, 0.05) is 24.5 Å². The molecule has 2 N–H and O–H groups in total. The number of amides is 1. The molecule has 2 aromatic rings. The van der Waals surface area contributed by atoms with Crippen LogP contribution in [0.5, 0.6) is 5.75 Å². The number of benzene rings is 1. The van der Waals surface area contributed by atoms with Gasteiger partial charge in [-0.3, -0.25) is 9.48 Å². The van der Waals surface area contributed by atoms with E-state index in [0.717, 1.165) is 38.1 Å². The fourth-order valence-corrected chi connectivity index (χ4v) is 2.69. The van der Waals surface area contributed by atoms with Crippen LogP contribution in [0.1, 0.15) is 29.4 Å². The van der Waals surface area contributed by atoms with E-state index >= 15 is 0 Å². The van der Waals surface area contributed by atoms with Crippen LogP contribution in [0.15, 0.2) is 36.5 Å². The fourth-order valence-electron chi connectivity index (χ4n) is 2.69. The van der Waals surface area contributed by atoms with Crippen molar-refractivity contribution in [3.63, 3.8) is 0 Å². The van der Waals surface area contributed by atoms with E-state index in [-0.39, 0.29) is 17.4 Å². The number of hydrogen-bond donors (Lipinski definition) is 2. The number of hydrogen-bond acceptors (Lipinski definition) is 4. The summed E-state index contributed by atoms with van der Waals surface area (Å²) in [5.74, 6) is -0.893. The molecule has 0 aliphatic carbocycles. The summed E-state index contributed by atoms with van der Waals surface area (Å²) in [6.07, 6.45) is -1.03. The van der Waals surface area contributed by atoms with Crippen LogP contribution in [-0.4, -0.2) is 35.1 Å². The summed E-state index contributed by atoms with van der Waals surface area (Å²) in [5, 5.41) is 10.1.